The Labute approximate surface area is 119 Å². The lowest BCUT2D eigenvalue weighted by Crippen LogP contribution is -2.23. The molecule has 0 unspecified atom stereocenters. The lowest BCUT2D eigenvalue weighted by Gasteiger charge is -2.15. The van der Waals surface area contributed by atoms with Crippen LogP contribution in [0.25, 0.3) is 11.5 Å². The van der Waals surface area contributed by atoms with Crippen LogP contribution in [0.3, 0.4) is 0 Å². The van der Waals surface area contributed by atoms with Crippen LogP contribution in [0.5, 0.6) is 0 Å². The highest BCUT2D eigenvalue weighted by Crippen LogP contribution is 2.17. The Morgan fingerprint density at radius 2 is 2.10 bits per heavy atom. The molecule has 0 bridgehead atoms. The summed E-state index contributed by atoms with van der Waals surface area (Å²) in [5, 5.41) is 12.5. The summed E-state index contributed by atoms with van der Waals surface area (Å²) in [6, 6.07) is 7.60. The van der Waals surface area contributed by atoms with Gasteiger partial charge in [-0.1, -0.05) is 19.9 Å². The van der Waals surface area contributed by atoms with Crippen molar-refractivity contribution < 1.29 is 5.11 Å². The first-order valence-electron chi connectivity index (χ1n) is 6.93. The van der Waals surface area contributed by atoms with E-state index < -0.39 is 0 Å². The van der Waals surface area contributed by atoms with Crippen LogP contribution in [0, 0.1) is 0 Å². The minimum Gasteiger partial charge on any atom is -0.394 e. The fourth-order valence-corrected chi connectivity index (χ4v) is 1.85. The van der Waals surface area contributed by atoms with Crippen molar-refractivity contribution in [3.05, 3.63) is 36.2 Å². The molecule has 20 heavy (non-hydrogen) atoms. The molecule has 0 aliphatic carbocycles. The molecule has 1 atom stereocenters. The van der Waals surface area contributed by atoms with Gasteiger partial charge >= 0.3 is 0 Å². The van der Waals surface area contributed by atoms with Crippen LogP contribution < -0.4 is 5.32 Å². The predicted molar refractivity (Wildman–Crippen MR) is 79.4 cm³/mol. The molecule has 2 N–H and O–H groups in total. The zero-order valence-electron chi connectivity index (χ0n) is 11.9. The smallest absolute Gasteiger partial charge is 0.180 e. The fraction of sp³-hybridized carbons (Fsp3) is 0.400. The Balaban J connectivity index is 2.34. The maximum absolute atomic E-state index is 9.28. The number of nitrogens with one attached hydrogen (secondary N) is 1. The molecule has 5 nitrogen and oxygen atoms in total. The van der Waals surface area contributed by atoms with E-state index >= 15 is 0 Å². The number of rotatable bonds is 6. The van der Waals surface area contributed by atoms with Gasteiger partial charge in [-0.3, -0.25) is 4.98 Å². The highest BCUT2D eigenvalue weighted by Gasteiger charge is 2.10. The van der Waals surface area contributed by atoms with E-state index in [0.717, 1.165) is 30.0 Å². The van der Waals surface area contributed by atoms with Crippen molar-refractivity contribution in [2.75, 3.05) is 11.9 Å². The number of aryl methyl sites for hydroxylation is 1. The summed E-state index contributed by atoms with van der Waals surface area (Å²) >= 11 is 0. The van der Waals surface area contributed by atoms with Crippen molar-refractivity contribution in [2.24, 2.45) is 0 Å². The third-order valence-electron chi connectivity index (χ3n) is 3.10. The largest absolute Gasteiger partial charge is 0.394 e. The van der Waals surface area contributed by atoms with Crippen LogP contribution in [0.15, 0.2) is 30.5 Å². The van der Waals surface area contributed by atoms with Crippen LogP contribution in [-0.4, -0.2) is 32.7 Å². The van der Waals surface area contributed by atoms with Crippen molar-refractivity contribution in [3.8, 4) is 11.5 Å². The quantitative estimate of drug-likeness (QED) is 0.844. The Kier molecular flexibility index (Phi) is 5.01. The highest BCUT2D eigenvalue weighted by atomic mass is 16.3. The molecular formula is C15H20N4O. The number of nitrogens with zero attached hydrogens (tertiary/aromatic N) is 3. The van der Waals surface area contributed by atoms with Crippen LogP contribution in [0.4, 0.5) is 5.82 Å². The summed E-state index contributed by atoms with van der Waals surface area (Å²) in [5.41, 5.74) is 1.71. The maximum Gasteiger partial charge on any atom is 0.180 e. The Morgan fingerprint density at radius 3 is 2.70 bits per heavy atom. The van der Waals surface area contributed by atoms with E-state index in [1.165, 1.54) is 0 Å². The van der Waals surface area contributed by atoms with Crippen molar-refractivity contribution >= 4 is 5.82 Å². The van der Waals surface area contributed by atoms with Crippen LogP contribution in [-0.2, 0) is 6.42 Å². The van der Waals surface area contributed by atoms with Gasteiger partial charge in [-0.25, -0.2) is 9.97 Å². The molecule has 0 saturated carbocycles. The van der Waals surface area contributed by atoms with Gasteiger partial charge in [0.15, 0.2) is 5.82 Å². The first-order valence-corrected chi connectivity index (χ1v) is 6.93. The van der Waals surface area contributed by atoms with Crippen LogP contribution in [0.1, 0.15) is 26.0 Å². The second-order valence-electron chi connectivity index (χ2n) is 4.57. The fourth-order valence-electron chi connectivity index (χ4n) is 1.85. The van der Waals surface area contributed by atoms with Crippen LogP contribution in [0.2, 0.25) is 0 Å². The summed E-state index contributed by atoms with van der Waals surface area (Å²) in [4.78, 5) is 13.3. The summed E-state index contributed by atoms with van der Waals surface area (Å²) < 4.78 is 0. The molecule has 106 valence electrons. The van der Waals surface area contributed by atoms with Gasteiger partial charge in [0.05, 0.1) is 12.6 Å². The minimum atomic E-state index is 0.00573. The number of aromatic nitrogens is 3. The third-order valence-corrected chi connectivity index (χ3v) is 3.10. The monoisotopic (exact) mass is 272 g/mol. The van der Waals surface area contributed by atoms with E-state index in [0.29, 0.717) is 5.82 Å². The molecule has 2 rings (SSSR count). The summed E-state index contributed by atoms with van der Waals surface area (Å²) in [5.74, 6) is 1.35. The Morgan fingerprint density at radius 1 is 1.25 bits per heavy atom. The van der Waals surface area contributed by atoms with Gasteiger partial charge in [-0.05, 0) is 25.0 Å². The van der Waals surface area contributed by atoms with Crippen molar-refractivity contribution in [1.82, 2.24) is 15.0 Å². The third kappa shape index (κ3) is 3.51. The molecule has 0 amide bonds. The normalized spacial score (nSPS) is 12.2. The van der Waals surface area contributed by atoms with Crippen molar-refractivity contribution in [2.45, 2.75) is 32.7 Å². The molecule has 0 radical (unpaired) electrons. The zero-order valence-corrected chi connectivity index (χ0v) is 11.9. The van der Waals surface area contributed by atoms with Gasteiger partial charge in [0.25, 0.3) is 0 Å². The second kappa shape index (κ2) is 6.96. The van der Waals surface area contributed by atoms with E-state index in [1.807, 2.05) is 31.2 Å². The molecule has 0 aliphatic heterocycles. The molecule has 0 aliphatic rings. The lowest BCUT2D eigenvalue weighted by molar-refractivity contribution is 0.271. The van der Waals surface area contributed by atoms with Crippen molar-refractivity contribution in [1.29, 1.82) is 0 Å². The number of hydrogen-bond donors (Lipinski definition) is 2. The number of aliphatic hydroxyl groups is 1. The standard InChI is InChI=1S/C15H20N4O/c1-3-11-9-14(17-12(4-2)10-20)19-15(18-11)13-7-5-6-8-16-13/h5-9,12,20H,3-4,10H2,1-2H3,(H,17,18,19)/t12-/m0/s1. The molecular weight excluding hydrogens is 252 g/mol. The van der Waals surface area contributed by atoms with E-state index in [2.05, 4.69) is 27.2 Å². The number of anilines is 1. The second-order valence-corrected chi connectivity index (χ2v) is 4.57. The summed E-state index contributed by atoms with van der Waals surface area (Å²) in [7, 11) is 0. The molecule has 0 spiro atoms. The van der Waals surface area contributed by atoms with Crippen molar-refractivity contribution in [3.63, 3.8) is 0 Å². The first kappa shape index (κ1) is 14.4. The van der Waals surface area contributed by atoms with E-state index in [1.54, 1.807) is 6.20 Å². The van der Waals surface area contributed by atoms with Gasteiger partial charge in [0.1, 0.15) is 11.5 Å². The molecule has 2 aromatic heterocycles. The van der Waals surface area contributed by atoms with Gasteiger partial charge in [-0.15, -0.1) is 0 Å². The van der Waals surface area contributed by atoms with Gasteiger partial charge in [0, 0.05) is 18.0 Å². The van der Waals surface area contributed by atoms with Gasteiger partial charge < -0.3 is 10.4 Å². The average molecular weight is 272 g/mol. The average Bonchev–Trinajstić information content (AvgIpc) is 2.53. The summed E-state index contributed by atoms with van der Waals surface area (Å²) in [6.07, 6.45) is 3.39. The minimum absolute atomic E-state index is 0.00573. The van der Waals surface area contributed by atoms with Crippen LogP contribution >= 0.6 is 0 Å². The zero-order chi connectivity index (χ0) is 14.4. The lowest BCUT2D eigenvalue weighted by atomic mass is 10.2. The SMILES string of the molecule is CCc1cc(N[C@@H](CC)CO)nc(-c2ccccn2)n1. The maximum atomic E-state index is 9.28. The molecule has 0 fully saturated rings. The molecule has 2 heterocycles. The highest BCUT2D eigenvalue weighted by molar-refractivity contribution is 5.53. The van der Waals surface area contributed by atoms with Gasteiger partial charge in [0.2, 0.25) is 0 Å². The number of aliphatic hydroxyl groups excluding tert-OH is 1. The molecule has 0 aromatic carbocycles. The first-order chi connectivity index (χ1) is 9.76. The number of hydrogen-bond acceptors (Lipinski definition) is 5. The number of pyridine rings is 1. The molecule has 0 saturated heterocycles. The van der Waals surface area contributed by atoms with E-state index in [-0.39, 0.29) is 12.6 Å². The Bertz CT molecular complexity index is 541. The predicted octanol–water partition coefficient (Wildman–Crippen LogP) is 2.28. The van der Waals surface area contributed by atoms with E-state index in [9.17, 15) is 5.11 Å². The Hall–Kier alpha value is -2.01. The molecule has 5 heteroatoms. The molecule has 2 aromatic rings. The van der Waals surface area contributed by atoms with Gasteiger partial charge in [-0.2, -0.15) is 0 Å². The van der Waals surface area contributed by atoms with E-state index in [4.69, 9.17) is 0 Å². The summed E-state index contributed by atoms with van der Waals surface area (Å²) in [6.45, 7) is 4.16. The topological polar surface area (TPSA) is 70.9 Å².